The maximum atomic E-state index is 12.8. The predicted molar refractivity (Wildman–Crippen MR) is 84.9 cm³/mol. The summed E-state index contributed by atoms with van der Waals surface area (Å²) in [6, 6.07) is 14.9. The van der Waals surface area contributed by atoms with E-state index in [1.165, 1.54) is 24.3 Å². The fraction of sp³-hybridized carbons (Fsp3) is 0.0588. The molecule has 110 valence electrons. The average molecular weight is 295 g/mol. The molecule has 0 atom stereocenters. The highest BCUT2D eigenvalue weighted by molar-refractivity contribution is 5.93. The third-order valence-electron chi connectivity index (χ3n) is 3.28. The minimum Gasteiger partial charge on any atom is -0.397 e. The van der Waals surface area contributed by atoms with E-state index in [0.717, 1.165) is 5.39 Å². The maximum absolute atomic E-state index is 12.8. The number of nitrogens with zero attached hydrogens (tertiary/aromatic N) is 1. The number of nitrogens with two attached hydrogens (primary N) is 1. The molecular formula is C17H14FN3O. The van der Waals surface area contributed by atoms with Crippen molar-refractivity contribution in [3.8, 4) is 0 Å². The Bertz CT molecular complexity index is 831. The Morgan fingerprint density at radius 1 is 1.09 bits per heavy atom. The van der Waals surface area contributed by atoms with Crippen LogP contribution in [0.5, 0.6) is 0 Å². The molecule has 5 heteroatoms. The number of pyridine rings is 1. The van der Waals surface area contributed by atoms with Crippen LogP contribution in [0, 0.1) is 5.82 Å². The number of benzene rings is 2. The molecule has 0 fully saturated rings. The highest BCUT2D eigenvalue weighted by Gasteiger charge is 2.07. The summed E-state index contributed by atoms with van der Waals surface area (Å²) < 4.78 is 12.8. The zero-order valence-electron chi connectivity index (χ0n) is 11.7. The lowest BCUT2D eigenvalue weighted by atomic mass is 10.1. The second-order valence-corrected chi connectivity index (χ2v) is 4.95. The number of hydrogen-bond donors (Lipinski definition) is 2. The smallest absolute Gasteiger partial charge is 0.230 e. The van der Waals surface area contributed by atoms with Gasteiger partial charge in [-0.2, -0.15) is 0 Å². The lowest BCUT2D eigenvalue weighted by Crippen LogP contribution is -2.15. The SMILES string of the molecule is Nc1cccc2ccc(CC(=O)Nc3ccc(F)cc3)nc12. The van der Waals surface area contributed by atoms with Crippen molar-refractivity contribution in [3.05, 3.63) is 66.1 Å². The molecule has 0 saturated heterocycles. The first-order valence-electron chi connectivity index (χ1n) is 6.81. The molecular weight excluding hydrogens is 281 g/mol. The molecule has 2 aromatic carbocycles. The van der Waals surface area contributed by atoms with Gasteiger partial charge in [0.05, 0.1) is 23.3 Å². The number of rotatable bonds is 3. The van der Waals surface area contributed by atoms with Crippen LogP contribution in [-0.2, 0) is 11.2 Å². The number of carbonyl (C=O) groups excluding carboxylic acids is 1. The minimum atomic E-state index is -0.343. The van der Waals surface area contributed by atoms with Gasteiger partial charge in [-0.3, -0.25) is 9.78 Å². The van der Waals surface area contributed by atoms with Crippen LogP contribution in [0.25, 0.3) is 10.9 Å². The van der Waals surface area contributed by atoms with Crippen molar-refractivity contribution < 1.29 is 9.18 Å². The molecule has 1 amide bonds. The summed E-state index contributed by atoms with van der Waals surface area (Å²) in [4.78, 5) is 16.4. The molecule has 0 spiro atoms. The van der Waals surface area contributed by atoms with E-state index in [9.17, 15) is 9.18 Å². The van der Waals surface area contributed by atoms with Crippen molar-refractivity contribution >= 4 is 28.2 Å². The Kier molecular flexibility index (Phi) is 3.70. The van der Waals surface area contributed by atoms with E-state index in [2.05, 4.69) is 10.3 Å². The number of nitrogens with one attached hydrogen (secondary N) is 1. The number of aromatic nitrogens is 1. The summed E-state index contributed by atoms with van der Waals surface area (Å²) in [5.41, 5.74) is 8.34. The number of carbonyl (C=O) groups is 1. The fourth-order valence-corrected chi connectivity index (χ4v) is 2.21. The zero-order valence-corrected chi connectivity index (χ0v) is 11.7. The van der Waals surface area contributed by atoms with Crippen LogP contribution in [-0.4, -0.2) is 10.9 Å². The van der Waals surface area contributed by atoms with Gasteiger partial charge in [0.15, 0.2) is 0 Å². The highest BCUT2D eigenvalue weighted by atomic mass is 19.1. The van der Waals surface area contributed by atoms with Crippen molar-refractivity contribution in [2.75, 3.05) is 11.1 Å². The lowest BCUT2D eigenvalue weighted by Gasteiger charge is -2.07. The quantitative estimate of drug-likeness (QED) is 0.729. The molecule has 3 aromatic rings. The van der Waals surface area contributed by atoms with Gasteiger partial charge in [-0.05, 0) is 36.4 Å². The Morgan fingerprint density at radius 3 is 2.64 bits per heavy atom. The number of halogens is 1. The van der Waals surface area contributed by atoms with Crippen molar-refractivity contribution in [1.82, 2.24) is 4.98 Å². The fourth-order valence-electron chi connectivity index (χ4n) is 2.21. The molecule has 0 aliphatic heterocycles. The molecule has 0 bridgehead atoms. The van der Waals surface area contributed by atoms with E-state index in [1.54, 1.807) is 12.1 Å². The number of fused-ring (bicyclic) bond motifs is 1. The van der Waals surface area contributed by atoms with Gasteiger partial charge in [0, 0.05) is 11.1 Å². The van der Waals surface area contributed by atoms with E-state index in [0.29, 0.717) is 22.6 Å². The van der Waals surface area contributed by atoms with Crippen molar-refractivity contribution in [2.45, 2.75) is 6.42 Å². The molecule has 0 aliphatic carbocycles. The Labute approximate surface area is 126 Å². The molecule has 0 aliphatic rings. The molecule has 0 unspecified atom stereocenters. The molecule has 0 saturated carbocycles. The van der Waals surface area contributed by atoms with Gasteiger partial charge in [-0.1, -0.05) is 18.2 Å². The predicted octanol–water partition coefficient (Wildman–Crippen LogP) is 3.14. The van der Waals surface area contributed by atoms with Crippen molar-refractivity contribution in [2.24, 2.45) is 0 Å². The first-order valence-corrected chi connectivity index (χ1v) is 6.81. The van der Waals surface area contributed by atoms with Gasteiger partial charge in [0.1, 0.15) is 5.82 Å². The Hall–Kier alpha value is -2.95. The molecule has 4 nitrogen and oxygen atoms in total. The van der Waals surface area contributed by atoms with Gasteiger partial charge in [0.2, 0.25) is 5.91 Å². The topological polar surface area (TPSA) is 68.0 Å². The summed E-state index contributed by atoms with van der Waals surface area (Å²) in [5.74, 6) is -0.558. The second kappa shape index (κ2) is 5.81. The Balaban J connectivity index is 1.76. The molecule has 1 heterocycles. The van der Waals surface area contributed by atoms with Crippen LogP contribution in [0.2, 0.25) is 0 Å². The summed E-state index contributed by atoms with van der Waals surface area (Å²) in [5, 5.41) is 3.64. The minimum absolute atomic E-state index is 0.127. The number of para-hydroxylation sites is 1. The van der Waals surface area contributed by atoms with E-state index >= 15 is 0 Å². The highest BCUT2D eigenvalue weighted by Crippen LogP contribution is 2.19. The molecule has 22 heavy (non-hydrogen) atoms. The van der Waals surface area contributed by atoms with Gasteiger partial charge in [-0.15, -0.1) is 0 Å². The van der Waals surface area contributed by atoms with Gasteiger partial charge < -0.3 is 11.1 Å². The third-order valence-corrected chi connectivity index (χ3v) is 3.28. The number of nitrogen functional groups attached to an aromatic ring is 1. The van der Waals surface area contributed by atoms with Crippen molar-refractivity contribution in [3.63, 3.8) is 0 Å². The lowest BCUT2D eigenvalue weighted by molar-refractivity contribution is -0.115. The monoisotopic (exact) mass is 295 g/mol. The Morgan fingerprint density at radius 2 is 1.86 bits per heavy atom. The second-order valence-electron chi connectivity index (χ2n) is 4.95. The largest absolute Gasteiger partial charge is 0.397 e. The normalized spacial score (nSPS) is 10.6. The van der Waals surface area contributed by atoms with Crippen LogP contribution in [0.4, 0.5) is 15.8 Å². The summed E-state index contributed by atoms with van der Waals surface area (Å²) in [7, 11) is 0. The molecule has 3 N–H and O–H groups in total. The van der Waals surface area contributed by atoms with Gasteiger partial charge in [-0.25, -0.2) is 4.39 Å². The standard InChI is InChI=1S/C17H14FN3O/c18-12-5-8-13(9-6-12)20-16(22)10-14-7-4-11-2-1-3-15(19)17(11)21-14/h1-9H,10,19H2,(H,20,22). The molecule has 0 radical (unpaired) electrons. The maximum Gasteiger partial charge on any atom is 0.230 e. The average Bonchev–Trinajstić information content (AvgIpc) is 2.50. The van der Waals surface area contributed by atoms with Crippen LogP contribution in [0.3, 0.4) is 0 Å². The van der Waals surface area contributed by atoms with E-state index in [-0.39, 0.29) is 18.1 Å². The summed E-state index contributed by atoms with van der Waals surface area (Å²) >= 11 is 0. The number of hydrogen-bond acceptors (Lipinski definition) is 3. The van der Waals surface area contributed by atoms with E-state index in [1.807, 2.05) is 18.2 Å². The first-order chi connectivity index (χ1) is 10.6. The third kappa shape index (κ3) is 3.03. The number of anilines is 2. The van der Waals surface area contributed by atoms with Gasteiger partial charge >= 0.3 is 0 Å². The number of amides is 1. The van der Waals surface area contributed by atoms with Crippen LogP contribution in [0.1, 0.15) is 5.69 Å². The van der Waals surface area contributed by atoms with Gasteiger partial charge in [0.25, 0.3) is 0 Å². The van der Waals surface area contributed by atoms with Crippen molar-refractivity contribution in [1.29, 1.82) is 0 Å². The van der Waals surface area contributed by atoms with Crippen LogP contribution < -0.4 is 11.1 Å². The molecule has 3 rings (SSSR count). The molecule has 1 aromatic heterocycles. The summed E-state index contributed by atoms with van der Waals surface area (Å²) in [6.45, 7) is 0. The van der Waals surface area contributed by atoms with E-state index < -0.39 is 0 Å². The van der Waals surface area contributed by atoms with Crippen LogP contribution >= 0.6 is 0 Å². The summed E-state index contributed by atoms with van der Waals surface area (Å²) in [6.07, 6.45) is 0.127. The van der Waals surface area contributed by atoms with E-state index in [4.69, 9.17) is 5.73 Å². The zero-order chi connectivity index (χ0) is 15.5. The first kappa shape index (κ1) is 14.0. The van der Waals surface area contributed by atoms with Crippen LogP contribution in [0.15, 0.2) is 54.6 Å².